The topological polar surface area (TPSA) is 74.0 Å². The predicted molar refractivity (Wildman–Crippen MR) is 119 cm³/mol. The van der Waals surface area contributed by atoms with Crippen molar-refractivity contribution in [3.8, 4) is 0 Å². The average Bonchev–Trinajstić information content (AvgIpc) is 3.23. The highest BCUT2D eigenvalue weighted by atomic mass is 35.5. The van der Waals surface area contributed by atoms with Crippen molar-refractivity contribution in [2.24, 2.45) is 16.6 Å². The first-order valence-electron chi connectivity index (χ1n) is 11.0. The second-order valence-electron chi connectivity index (χ2n) is 8.21. The van der Waals surface area contributed by atoms with E-state index in [4.69, 9.17) is 22.3 Å². The van der Waals surface area contributed by atoms with Crippen molar-refractivity contribution in [1.82, 2.24) is 15.1 Å². The van der Waals surface area contributed by atoms with Gasteiger partial charge in [-0.05, 0) is 63.7 Å². The maximum absolute atomic E-state index is 14.7. The summed E-state index contributed by atoms with van der Waals surface area (Å²) in [4.78, 5) is 20.7. The number of hydrogen-bond donors (Lipinski definition) is 2. The molecule has 2 aliphatic rings. The Morgan fingerprint density at radius 2 is 2.10 bits per heavy atom. The van der Waals surface area contributed by atoms with Crippen LogP contribution in [0.2, 0.25) is 5.02 Å². The van der Waals surface area contributed by atoms with Crippen molar-refractivity contribution in [1.29, 1.82) is 0 Å². The van der Waals surface area contributed by atoms with E-state index >= 15 is 0 Å². The molecule has 0 radical (unpaired) electrons. The summed E-state index contributed by atoms with van der Waals surface area (Å²) >= 11 is 6.41. The van der Waals surface area contributed by atoms with Gasteiger partial charge in [0.1, 0.15) is 5.82 Å². The number of aliphatic imine (C=N–C) groups is 1. The van der Waals surface area contributed by atoms with Gasteiger partial charge < -0.3 is 16.0 Å². The summed E-state index contributed by atoms with van der Waals surface area (Å²) in [6.45, 7) is 6.69. The summed E-state index contributed by atoms with van der Waals surface area (Å²) in [5, 5.41) is 3.82. The zero-order chi connectivity index (χ0) is 21.5. The van der Waals surface area contributed by atoms with Crippen LogP contribution in [0.4, 0.5) is 4.39 Å². The minimum absolute atomic E-state index is 0.193. The van der Waals surface area contributed by atoms with E-state index in [1.165, 1.54) is 6.07 Å². The second-order valence-corrected chi connectivity index (χ2v) is 8.62. The third-order valence-electron chi connectivity index (χ3n) is 5.97. The largest absolute Gasteiger partial charge is 0.370 e. The van der Waals surface area contributed by atoms with Gasteiger partial charge in [0, 0.05) is 36.6 Å². The van der Waals surface area contributed by atoms with Crippen molar-refractivity contribution < 1.29 is 9.18 Å². The number of piperidine rings is 1. The van der Waals surface area contributed by atoms with Crippen LogP contribution in [-0.4, -0.2) is 60.9 Å². The fourth-order valence-electron chi connectivity index (χ4n) is 4.58. The van der Waals surface area contributed by atoms with Gasteiger partial charge in [-0.15, -0.1) is 0 Å². The van der Waals surface area contributed by atoms with Crippen molar-refractivity contribution >= 4 is 23.5 Å². The highest BCUT2D eigenvalue weighted by Crippen LogP contribution is 2.32. The number of guanidine groups is 1. The molecular formula is C22H33ClFN5O. The van der Waals surface area contributed by atoms with Crippen LogP contribution in [0, 0.1) is 11.7 Å². The van der Waals surface area contributed by atoms with Gasteiger partial charge >= 0.3 is 0 Å². The number of carbonyl (C=O) groups is 1. The molecule has 2 atom stereocenters. The van der Waals surface area contributed by atoms with Gasteiger partial charge in [0.05, 0.1) is 12.6 Å². The smallest absolute Gasteiger partial charge is 0.217 e. The van der Waals surface area contributed by atoms with Crippen molar-refractivity contribution in [3.63, 3.8) is 0 Å². The van der Waals surface area contributed by atoms with Crippen LogP contribution in [0.5, 0.6) is 0 Å². The van der Waals surface area contributed by atoms with Crippen LogP contribution in [0.25, 0.3) is 0 Å². The molecule has 0 spiro atoms. The average molecular weight is 438 g/mol. The van der Waals surface area contributed by atoms with Gasteiger partial charge in [-0.1, -0.05) is 17.7 Å². The summed E-state index contributed by atoms with van der Waals surface area (Å²) in [5.41, 5.74) is 5.94. The van der Waals surface area contributed by atoms with Crippen molar-refractivity contribution in [2.45, 2.75) is 45.1 Å². The van der Waals surface area contributed by atoms with Crippen LogP contribution >= 0.6 is 11.6 Å². The summed E-state index contributed by atoms with van der Waals surface area (Å²) in [6.07, 6.45) is 4.61. The molecule has 0 aliphatic carbocycles. The van der Waals surface area contributed by atoms with E-state index in [9.17, 15) is 9.18 Å². The molecule has 2 fully saturated rings. The Balaban J connectivity index is 1.81. The number of hydrogen-bond acceptors (Lipinski definition) is 3. The summed E-state index contributed by atoms with van der Waals surface area (Å²) < 4.78 is 14.7. The van der Waals surface area contributed by atoms with E-state index in [2.05, 4.69) is 15.1 Å². The quantitative estimate of drug-likeness (QED) is 0.507. The lowest BCUT2D eigenvalue weighted by molar-refractivity contribution is -0.119. The maximum atomic E-state index is 14.7. The number of carbonyl (C=O) groups excluding carboxylic acids is 1. The second kappa shape index (κ2) is 11.0. The van der Waals surface area contributed by atoms with Gasteiger partial charge in [0.15, 0.2) is 5.96 Å². The molecule has 1 aromatic carbocycles. The molecule has 2 saturated heterocycles. The molecule has 2 aliphatic heterocycles. The van der Waals surface area contributed by atoms with Crippen LogP contribution < -0.4 is 11.1 Å². The van der Waals surface area contributed by atoms with Gasteiger partial charge in [-0.2, -0.15) is 0 Å². The lowest BCUT2D eigenvalue weighted by Gasteiger charge is -2.35. The molecule has 3 N–H and O–H groups in total. The molecule has 0 bridgehead atoms. The molecule has 0 saturated carbocycles. The molecule has 6 nitrogen and oxygen atoms in total. The standard InChI is InChI=1S/C22H33ClFN5O/c1-2-26-22(29-12-6-7-16(15-29)13-20(25)30)27-14-19(28-10-3-4-11-28)21-17(23)8-5-9-18(21)24/h5,8-9,16,19H,2-4,6-7,10-15H2,1H3,(H2,25,30)(H,26,27). The van der Waals surface area contributed by atoms with Crippen molar-refractivity contribution in [3.05, 3.63) is 34.6 Å². The van der Waals surface area contributed by atoms with Gasteiger partial charge in [0.2, 0.25) is 5.91 Å². The fraction of sp³-hybridized carbons (Fsp3) is 0.636. The number of nitrogens with two attached hydrogens (primary N) is 1. The lowest BCUT2D eigenvalue weighted by Crippen LogP contribution is -2.47. The summed E-state index contributed by atoms with van der Waals surface area (Å²) in [7, 11) is 0. The SMILES string of the molecule is CCNC(=NCC(c1c(F)cccc1Cl)N1CCCC1)N1CCCC(CC(N)=O)C1. The number of halogens is 2. The molecule has 2 unspecified atom stereocenters. The summed E-state index contributed by atoms with van der Waals surface area (Å²) in [6, 6.07) is 4.67. The molecule has 3 rings (SSSR count). The normalized spacial score (nSPS) is 21.6. The Morgan fingerprint density at radius 1 is 1.33 bits per heavy atom. The monoisotopic (exact) mass is 437 g/mol. The lowest BCUT2D eigenvalue weighted by atomic mass is 9.95. The third-order valence-corrected chi connectivity index (χ3v) is 6.30. The molecule has 166 valence electrons. The molecule has 2 heterocycles. The maximum Gasteiger partial charge on any atom is 0.217 e. The minimum Gasteiger partial charge on any atom is -0.370 e. The molecule has 1 aromatic rings. The van der Waals surface area contributed by atoms with E-state index in [1.54, 1.807) is 12.1 Å². The third kappa shape index (κ3) is 5.85. The number of primary amides is 1. The van der Waals surface area contributed by atoms with E-state index in [-0.39, 0.29) is 23.7 Å². The molecule has 30 heavy (non-hydrogen) atoms. The van der Waals surface area contributed by atoms with Gasteiger partial charge in [0.25, 0.3) is 0 Å². The van der Waals surface area contributed by atoms with E-state index in [0.717, 1.165) is 64.4 Å². The Hall–Kier alpha value is -1.86. The highest BCUT2D eigenvalue weighted by molar-refractivity contribution is 6.31. The first-order valence-corrected chi connectivity index (χ1v) is 11.4. The summed E-state index contributed by atoms with van der Waals surface area (Å²) in [5.74, 6) is 0.519. The van der Waals surface area contributed by atoms with Gasteiger partial charge in [-0.3, -0.25) is 14.7 Å². The van der Waals surface area contributed by atoms with Crippen LogP contribution in [-0.2, 0) is 4.79 Å². The fourth-order valence-corrected chi connectivity index (χ4v) is 4.87. The first kappa shape index (κ1) is 22.8. The molecule has 1 amide bonds. The number of nitrogens with zero attached hydrogens (tertiary/aromatic N) is 3. The number of benzene rings is 1. The number of nitrogens with one attached hydrogen (secondary N) is 1. The highest BCUT2D eigenvalue weighted by Gasteiger charge is 2.29. The van der Waals surface area contributed by atoms with E-state index < -0.39 is 0 Å². The first-order chi connectivity index (χ1) is 14.5. The zero-order valence-corrected chi connectivity index (χ0v) is 18.5. The Morgan fingerprint density at radius 3 is 2.77 bits per heavy atom. The van der Waals surface area contributed by atoms with Crippen LogP contribution in [0.15, 0.2) is 23.2 Å². The zero-order valence-electron chi connectivity index (χ0n) is 17.7. The van der Waals surface area contributed by atoms with E-state index in [1.807, 2.05) is 6.92 Å². The molecular weight excluding hydrogens is 405 g/mol. The number of amides is 1. The van der Waals surface area contributed by atoms with E-state index in [0.29, 0.717) is 23.6 Å². The van der Waals surface area contributed by atoms with Crippen LogP contribution in [0.1, 0.15) is 50.6 Å². The minimum atomic E-state index is -0.279. The predicted octanol–water partition coefficient (Wildman–Crippen LogP) is 3.17. The number of likely N-dealkylation sites (tertiary alicyclic amines) is 2. The van der Waals surface area contributed by atoms with Gasteiger partial charge in [-0.25, -0.2) is 4.39 Å². The molecule has 0 aromatic heterocycles. The van der Waals surface area contributed by atoms with Crippen molar-refractivity contribution in [2.75, 3.05) is 39.3 Å². The Labute approximate surface area is 183 Å². The Bertz CT molecular complexity index is 733. The van der Waals surface area contributed by atoms with Crippen LogP contribution in [0.3, 0.4) is 0 Å². The Kier molecular flexibility index (Phi) is 8.33. The molecule has 8 heteroatoms. The number of rotatable bonds is 7.